The van der Waals surface area contributed by atoms with Crippen LogP contribution >= 0.6 is 23.2 Å². The molecule has 7 nitrogen and oxygen atoms in total. The molecule has 3 rings (SSSR count). The van der Waals surface area contributed by atoms with E-state index in [2.05, 4.69) is 5.32 Å². The van der Waals surface area contributed by atoms with E-state index in [-0.39, 0.29) is 35.8 Å². The molecule has 1 aliphatic rings. The van der Waals surface area contributed by atoms with Crippen LogP contribution in [0, 0.1) is 11.3 Å². The second-order valence-corrected chi connectivity index (χ2v) is 21.4. The number of piperidine rings is 1. The third-order valence-electron chi connectivity index (χ3n) is 8.68. The maximum atomic E-state index is 14.8. The molecule has 2 amide bonds. The SMILES string of the molecule is CC(C)[C@@H](CS(=O)(=O)C(C)C)N1C(=O)[C@@](C)(CC(=O)NCCC[Si](C)(C)O)C[C@H](c2cccc(Cl)c2)C1c1ccc(Cl)cc1. The Bertz CT molecular complexity index is 1410. The lowest BCUT2D eigenvalue weighted by atomic mass is 9.66. The van der Waals surface area contributed by atoms with E-state index < -0.39 is 40.9 Å². The third kappa shape index (κ3) is 9.31. The Balaban J connectivity index is 2.15. The van der Waals surface area contributed by atoms with Crippen LogP contribution in [-0.4, -0.2) is 61.8 Å². The van der Waals surface area contributed by atoms with E-state index in [0.717, 1.165) is 11.1 Å². The number of likely N-dealkylation sites (tertiary alicyclic amines) is 1. The van der Waals surface area contributed by atoms with E-state index in [9.17, 15) is 22.8 Å². The van der Waals surface area contributed by atoms with Gasteiger partial charge in [0.15, 0.2) is 18.2 Å². The van der Waals surface area contributed by atoms with Gasteiger partial charge < -0.3 is 15.0 Å². The molecule has 244 valence electrons. The molecule has 1 saturated heterocycles. The molecule has 2 aromatic rings. The first kappa shape index (κ1) is 36.6. The highest BCUT2D eigenvalue weighted by Crippen LogP contribution is 2.52. The number of halogens is 2. The first-order valence-electron chi connectivity index (χ1n) is 15.4. The summed E-state index contributed by atoms with van der Waals surface area (Å²) >= 11 is 12.8. The zero-order chi connectivity index (χ0) is 33.0. The molecule has 11 heteroatoms. The maximum absolute atomic E-state index is 14.8. The van der Waals surface area contributed by atoms with Gasteiger partial charge in [-0.2, -0.15) is 0 Å². The van der Waals surface area contributed by atoms with E-state index in [1.807, 2.05) is 64.2 Å². The van der Waals surface area contributed by atoms with Crippen molar-refractivity contribution in [3.63, 3.8) is 0 Å². The fourth-order valence-electron chi connectivity index (χ4n) is 6.10. The first-order valence-corrected chi connectivity index (χ1v) is 21.0. The van der Waals surface area contributed by atoms with Crippen LogP contribution in [0.1, 0.15) is 77.0 Å². The van der Waals surface area contributed by atoms with Crippen molar-refractivity contribution in [2.45, 2.75) is 96.3 Å². The summed E-state index contributed by atoms with van der Waals surface area (Å²) in [6, 6.07) is 14.4. The fourth-order valence-corrected chi connectivity index (χ4v) is 8.87. The van der Waals surface area contributed by atoms with Crippen LogP contribution < -0.4 is 5.32 Å². The van der Waals surface area contributed by atoms with Gasteiger partial charge in [-0.25, -0.2) is 8.42 Å². The van der Waals surface area contributed by atoms with Crippen molar-refractivity contribution in [1.82, 2.24) is 10.2 Å². The Morgan fingerprint density at radius 2 is 1.70 bits per heavy atom. The number of rotatable bonds is 13. The minimum absolute atomic E-state index is 0.0472. The van der Waals surface area contributed by atoms with Crippen molar-refractivity contribution in [2.75, 3.05) is 12.3 Å². The highest BCUT2D eigenvalue weighted by molar-refractivity contribution is 7.92. The number of hydrogen-bond acceptors (Lipinski definition) is 5. The summed E-state index contributed by atoms with van der Waals surface area (Å²) in [6.45, 7) is 13.1. The summed E-state index contributed by atoms with van der Waals surface area (Å²) in [5, 5.41) is 3.45. The van der Waals surface area contributed by atoms with Gasteiger partial charge in [0.25, 0.3) is 0 Å². The van der Waals surface area contributed by atoms with Crippen LogP contribution in [0.15, 0.2) is 48.5 Å². The van der Waals surface area contributed by atoms with Crippen LogP contribution in [0.2, 0.25) is 29.2 Å². The summed E-state index contributed by atoms with van der Waals surface area (Å²) in [6.07, 6.45) is 0.973. The Morgan fingerprint density at radius 3 is 2.25 bits per heavy atom. The number of carbonyl (C=O) groups is 2. The van der Waals surface area contributed by atoms with Crippen molar-refractivity contribution in [1.29, 1.82) is 0 Å². The predicted octanol–water partition coefficient (Wildman–Crippen LogP) is 7.00. The Hall–Kier alpha value is -1.91. The number of hydrogen-bond donors (Lipinski definition) is 2. The monoisotopic (exact) mass is 682 g/mol. The van der Waals surface area contributed by atoms with E-state index in [4.69, 9.17) is 23.2 Å². The van der Waals surface area contributed by atoms with Crippen LogP contribution in [0.3, 0.4) is 0 Å². The number of sulfone groups is 1. The molecule has 0 spiro atoms. The predicted molar refractivity (Wildman–Crippen MR) is 182 cm³/mol. The van der Waals surface area contributed by atoms with E-state index in [1.54, 1.807) is 36.9 Å². The average molecular weight is 684 g/mol. The molecule has 0 saturated carbocycles. The molecule has 0 bridgehead atoms. The van der Waals surface area contributed by atoms with Gasteiger partial charge in [-0.15, -0.1) is 0 Å². The minimum atomic E-state index is -3.54. The Kier molecular flexibility index (Phi) is 12.2. The van der Waals surface area contributed by atoms with Gasteiger partial charge in [0, 0.05) is 35.0 Å². The normalized spacial score (nSPS) is 22.0. The van der Waals surface area contributed by atoms with Crippen LogP contribution in [0.25, 0.3) is 0 Å². The Morgan fingerprint density at radius 1 is 1.07 bits per heavy atom. The van der Waals surface area contributed by atoms with Crippen molar-refractivity contribution in [2.24, 2.45) is 11.3 Å². The lowest BCUT2D eigenvalue weighted by molar-refractivity contribution is -0.158. The molecule has 1 heterocycles. The highest BCUT2D eigenvalue weighted by atomic mass is 35.5. The summed E-state index contributed by atoms with van der Waals surface area (Å²) in [7, 11) is -5.77. The van der Waals surface area contributed by atoms with Gasteiger partial charge in [0.05, 0.1) is 22.5 Å². The van der Waals surface area contributed by atoms with E-state index in [1.165, 1.54) is 0 Å². The number of nitrogens with one attached hydrogen (secondary N) is 1. The number of benzene rings is 2. The lowest BCUT2D eigenvalue weighted by Gasteiger charge is -2.53. The molecule has 0 aliphatic carbocycles. The second kappa shape index (κ2) is 14.7. The van der Waals surface area contributed by atoms with Crippen molar-refractivity contribution in [3.05, 3.63) is 69.7 Å². The summed E-state index contributed by atoms with van der Waals surface area (Å²) in [5.41, 5.74) is 0.633. The van der Waals surface area contributed by atoms with Crippen molar-refractivity contribution < 1.29 is 22.8 Å². The highest BCUT2D eigenvalue weighted by Gasteiger charge is 2.53. The zero-order valence-electron chi connectivity index (χ0n) is 26.9. The largest absolute Gasteiger partial charge is 0.432 e. The molecule has 2 aromatic carbocycles. The van der Waals surface area contributed by atoms with Gasteiger partial charge in [-0.1, -0.05) is 68.2 Å². The Labute approximate surface area is 274 Å². The molecule has 0 radical (unpaired) electrons. The van der Waals surface area contributed by atoms with Gasteiger partial charge in [-0.3, -0.25) is 9.59 Å². The fraction of sp³-hybridized carbons (Fsp3) is 0.576. The van der Waals surface area contributed by atoms with Gasteiger partial charge in [0.2, 0.25) is 11.8 Å². The molecule has 0 aromatic heterocycles. The number of carbonyl (C=O) groups excluding carboxylic acids is 2. The topological polar surface area (TPSA) is 104 Å². The van der Waals surface area contributed by atoms with Crippen LogP contribution in [0.4, 0.5) is 0 Å². The average Bonchev–Trinajstić information content (AvgIpc) is 2.91. The summed E-state index contributed by atoms with van der Waals surface area (Å²) < 4.78 is 26.8. The van der Waals surface area contributed by atoms with E-state index in [0.29, 0.717) is 35.5 Å². The maximum Gasteiger partial charge on any atom is 0.229 e. The number of nitrogens with zero attached hydrogens (tertiary/aromatic N) is 1. The molecule has 1 fully saturated rings. The molecule has 44 heavy (non-hydrogen) atoms. The zero-order valence-corrected chi connectivity index (χ0v) is 30.3. The molecule has 4 atom stereocenters. The smallest absolute Gasteiger partial charge is 0.229 e. The lowest BCUT2D eigenvalue weighted by Crippen LogP contribution is -2.59. The number of amides is 2. The van der Waals surface area contributed by atoms with Crippen molar-refractivity contribution in [3.8, 4) is 0 Å². The van der Waals surface area contributed by atoms with Crippen LogP contribution in [-0.2, 0) is 19.4 Å². The quantitative estimate of drug-likeness (QED) is 0.175. The van der Waals surface area contributed by atoms with E-state index >= 15 is 0 Å². The van der Waals surface area contributed by atoms with Gasteiger partial charge >= 0.3 is 0 Å². The third-order valence-corrected chi connectivity index (χ3v) is 13.0. The first-order chi connectivity index (χ1) is 20.3. The molecule has 1 unspecified atom stereocenters. The standard InChI is InChI=1S/C33H48Cl2N2O5SSi/c1-22(2)29(21-43(40,41)23(3)4)37-31(24-12-14-26(34)15-13-24)28(25-10-8-11-27(35)18-25)19-33(5,32(37)39)20-30(38)36-16-9-17-44(6,7)42/h8,10-15,18,22-23,28-29,31,42H,9,16-17,19-21H2,1-7H3,(H,36,38)/t28-,29-,31?,33-/m1/s1. The van der Waals surface area contributed by atoms with Crippen molar-refractivity contribution >= 4 is 53.2 Å². The second-order valence-electron chi connectivity index (χ2n) is 13.8. The van der Waals surface area contributed by atoms with Gasteiger partial charge in [0.1, 0.15) is 0 Å². The molecular weight excluding hydrogens is 635 g/mol. The van der Waals surface area contributed by atoms with Gasteiger partial charge in [-0.05, 0) is 87.1 Å². The molecule has 1 aliphatic heterocycles. The summed E-state index contributed by atoms with van der Waals surface area (Å²) in [4.78, 5) is 40.1. The van der Waals surface area contributed by atoms with Crippen LogP contribution in [0.5, 0.6) is 0 Å². The molecular formula is C33H48Cl2N2O5SSi. The minimum Gasteiger partial charge on any atom is -0.432 e. The summed E-state index contributed by atoms with van der Waals surface area (Å²) in [5.74, 6) is -1.15. The molecule has 2 N–H and O–H groups in total.